The van der Waals surface area contributed by atoms with Gasteiger partial charge in [0.25, 0.3) is 0 Å². The van der Waals surface area contributed by atoms with Gasteiger partial charge >= 0.3 is 0 Å². The third-order valence-corrected chi connectivity index (χ3v) is 6.98. The number of piperidine rings is 1. The standard InChI is InChI=1S/C18H29N3O3S.ClH/c1-13(17(22)21-11-10-16(19)18(2,3)12-21)14-6-8-15(9-7-14)25(23,24)20(4)5;/h6-9,13,16H,10-12,19H2,1-5H3;1H. The van der Waals surface area contributed by atoms with Crippen molar-refractivity contribution in [1.29, 1.82) is 0 Å². The van der Waals surface area contributed by atoms with Gasteiger partial charge in [-0.05, 0) is 36.5 Å². The molecular formula is C18H30ClN3O3S. The van der Waals surface area contributed by atoms with Gasteiger partial charge in [-0.1, -0.05) is 26.0 Å². The van der Waals surface area contributed by atoms with Gasteiger partial charge in [-0.2, -0.15) is 0 Å². The Labute approximate surface area is 163 Å². The Balaban J connectivity index is 0.00000338. The van der Waals surface area contributed by atoms with Crippen LogP contribution >= 0.6 is 12.4 Å². The summed E-state index contributed by atoms with van der Waals surface area (Å²) >= 11 is 0. The largest absolute Gasteiger partial charge is 0.342 e. The van der Waals surface area contributed by atoms with Crippen LogP contribution in [0.2, 0.25) is 0 Å². The van der Waals surface area contributed by atoms with Crippen molar-refractivity contribution >= 4 is 28.3 Å². The summed E-state index contributed by atoms with van der Waals surface area (Å²) in [6, 6.07) is 6.66. The smallest absolute Gasteiger partial charge is 0.242 e. The van der Waals surface area contributed by atoms with Crippen LogP contribution in [-0.4, -0.2) is 56.8 Å². The molecule has 1 aromatic rings. The van der Waals surface area contributed by atoms with Crippen LogP contribution in [-0.2, 0) is 14.8 Å². The van der Waals surface area contributed by atoms with Crippen molar-refractivity contribution in [3.05, 3.63) is 29.8 Å². The van der Waals surface area contributed by atoms with Gasteiger partial charge in [0.15, 0.2) is 0 Å². The zero-order valence-corrected chi connectivity index (χ0v) is 17.7. The highest BCUT2D eigenvalue weighted by molar-refractivity contribution is 7.89. The molecule has 1 aromatic carbocycles. The lowest BCUT2D eigenvalue weighted by atomic mass is 9.79. The van der Waals surface area contributed by atoms with Crippen molar-refractivity contribution in [3.8, 4) is 0 Å². The van der Waals surface area contributed by atoms with Crippen LogP contribution in [0.1, 0.15) is 38.7 Å². The Bertz CT molecular complexity index is 733. The van der Waals surface area contributed by atoms with Crippen molar-refractivity contribution in [2.75, 3.05) is 27.2 Å². The van der Waals surface area contributed by atoms with Gasteiger partial charge in [-0.25, -0.2) is 12.7 Å². The third-order valence-electron chi connectivity index (χ3n) is 5.15. The molecule has 0 spiro atoms. The first-order valence-electron chi connectivity index (χ1n) is 8.53. The highest BCUT2D eigenvalue weighted by Crippen LogP contribution is 2.30. The van der Waals surface area contributed by atoms with Crippen LogP contribution in [0.3, 0.4) is 0 Å². The molecule has 1 aliphatic heterocycles. The molecule has 1 heterocycles. The summed E-state index contributed by atoms with van der Waals surface area (Å²) < 4.78 is 25.4. The minimum atomic E-state index is -3.46. The number of benzene rings is 1. The average molecular weight is 404 g/mol. The van der Waals surface area contributed by atoms with Gasteiger partial charge in [0.2, 0.25) is 15.9 Å². The fraction of sp³-hybridized carbons (Fsp3) is 0.611. The Morgan fingerprint density at radius 2 is 1.81 bits per heavy atom. The second-order valence-corrected chi connectivity index (χ2v) is 9.87. The van der Waals surface area contributed by atoms with E-state index in [1.165, 1.54) is 18.4 Å². The zero-order valence-electron chi connectivity index (χ0n) is 16.1. The Morgan fingerprint density at radius 3 is 2.27 bits per heavy atom. The number of hydrogen-bond acceptors (Lipinski definition) is 4. The summed E-state index contributed by atoms with van der Waals surface area (Å²) in [5.74, 6) is -0.260. The maximum absolute atomic E-state index is 12.8. The second-order valence-electron chi connectivity index (χ2n) is 7.72. The predicted molar refractivity (Wildman–Crippen MR) is 106 cm³/mol. The Morgan fingerprint density at radius 1 is 1.27 bits per heavy atom. The first kappa shape index (κ1) is 22.9. The molecule has 6 nitrogen and oxygen atoms in total. The van der Waals surface area contributed by atoms with Crippen molar-refractivity contribution in [1.82, 2.24) is 9.21 Å². The number of hydrogen-bond donors (Lipinski definition) is 1. The second kappa shape index (κ2) is 8.25. The number of nitrogens with zero attached hydrogens (tertiary/aromatic N) is 2. The monoisotopic (exact) mass is 403 g/mol. The van der Waals surface area contributed by atoms with Crippen LogP contribution in [0.15, 0.2) is 29.2 Å². The van der Waals surface area contributed by atoms with Gasteiger partial charge in [-0.3, -0.25) is 4.79 Å². The molecule has 2 N–H and O–H groups in total. The molecule has 1 aliphatic rings. The van der Waals surface area contributed by atoms with E-state index in [1.807, 2.05) is 11.8 Å². The lowest BCUT2D eigenvalue weighted by molar-refractivity contribution is -0.135. The number of likely N-dealkylation sites (tertiary alicyclic amines) is 1. The summed E-state index contributed by atoms with van der Waals surface area (Å²) in [5.41, 5.74) is 6.86. The normalized spacial score (nSPS) is 21.2. The van der Waals surface area contributed by atoms with Crippen molar-refractivity contribution < 1.29 is 13.2 Å². The van der Waals surface area contributed by atoms with E-state index < -0.39 is 10.0 Å². The quantitative estimate of drug-likeness (QED) is 0.833. The molecule has 2 atom stereocenters. The number of nitrogens with two attached hydrogens (primary N) is 1. The van der Waals surface area contributed by atoms with Crippen LogP contribution < -0.4 is 5.73 Å². The number of amides is 1. The number of sulfonamides is 1. The third kappa shape index (κ3) is 4.57. The molecule has 2 rings (SSSR count). The summed E-state index contributed by atoms with van der Waals surface area (Å²) in [4.78, 5) is 14.9. The minimum absolute atomic E-state index is 0. The Hall–Kier alpha value is -1.15. The number of halogens is 1. The SMILES string of the molecule is CC(C(=O)N1CCC(N)C(C)(C)C1)c1ccc(S(=O)(=O)N(C)C)cc1.Cl. The van der Waals surface area contributed by atoms with Crippen molar-refractivity contribution in [3.63, 3.8) is 0 Å². The van der Waals surface area contributed by atoms with Crippen LogP contribution in [0.4, 0.5) is 0 Å². The minimum Gasteiger partial charge on any atom is -0.342 e. The summed E-state index contributed by atoms with van der Waals surface area (Å²) in [6.45, 7) is 7.34. The highest BCUT2D eigenvalue weighted by atomic mass is 35.5. The summed E-state index contributed by atoms with van der Waals surface area (Å²) in [6.07, 6.45) is 0.797. The zero-order chi connectivity index (χ0) is 19.0. The molecule has 1 amide bonds. The van der Waals surface area contributed by atoms with Crippen LogP contribution in [0, 0.1) is 5.41 Å². The molecule has 0 aromatic heterocycles. The number of carbonyl (C=O) groups excluding carboxylic acids is 1. The molecule has 2 unspecified atom stereocenters. The molecule has 0 radical (unpaired) electrons. The van der Waals surface area contributed by atoms with Crippen LogP contribution in [0.5, 0.6) is 0 Å². The highest BCUT2D eigenvalue weighted by Gasteiger charge is 2.36. The fourth-order valence-corrected chi connectivity index (χ4v) is 4.02. The van der Waals surface area contributed by atoms with Gasteiger partial charge in [0.1, 0.15) is 0 Å². The first-order chi connectivity index (χ1) is 11.5. The molecule has 8 heteroatoms. The molecule has 0 aliphatic carbocycles. The van der Waals surface area contributed by atoms with E-state index in [0.717, 1.165) is 12.0 Å². The van der Waals surface area contributed by atoms with Gasteiger partial charge in [-0.15, -0.1) is 12.4 Å². The van der Waals surface area contributed by atoms with E-state index in [9.17, 15) is 13.2 Å². The van der Waals surface area contributed by atoms with E-state index in [0.29, 0.717) is 13.1 Å². The molecule has 148 valence electrons. The van der Waals surface area contributed by atoms with E-state index in [-0.39, 0.29) is 40.6 Å². The van der Waals surface area contributed by atoms with E-state index in [1.54, 1.807) is 24.3 Å². The lowest BCUT2D eigenvalue weighted by Crippen LogP contribution is -2.54. The average Bonchev–Trinajstić information content (AvgIpc) is 2.56. The van der Waals surface area contributed by atoms with Gasteiger partial charge < -0.3 is 10.6 Å². The van der Waals surface area contributed by atoms with Gasteiger partial charge in [0, 0.05) is 33.2 Å². The van der Waals surface area contributed by atoms with Crippen molar-refractivity contribution in [2.24, 2.45) is 11.1 Å². The molecule has 26 heavy (non-hydrogen) atoms. The van der Waals surface area contributed by atoms with Crippen molar-refractivity contribution in [2.45, 2.75) is 44.0 Å². The lowest BCUT2D eigenvalue weighted by Gasteiger charge is -2.43. The summed E-state index contributed by atoms with van der Waals surface area (Å²) in [5, 5.41) is 0. The maximum Gasteiger partial charge on any atom is 0.242 e. The van der Waals surface area contributed by atoms with E-state index in [2.05, 4.69) is 13.8 Å². The maximum atomic E-state index is 12.8. The Kier molecular flexibility index (Phi) is 7.26. The van der Waals surface area contributed by atoms with E-state index >= 15 is 0 Å². The topological polar surface area (TPSA) is 83.7 Å². The van der Waals surface area contributed by atoms with E-state index in [4.69, 9.17) is 5.73 Å². The molecular weight excluding hydrogens is 374 g/mol. The molecule has 0 bridgehead atoms. The molecule has 0 saturated carbocycles. The fourth-order valence-electron chi connectivity index (χ4n) is 3.12. The molecule has 1 fully saturated rings. The van der Waals surface area contributed by atoms with Crippen LogP contribution in [0.25, 0.3) is 0 Å². The predicted octanol–water partition coefficient (Wildman–Crippen LogP) is 2.05. The molecule has 1 saturated heterocycles. The first-order valence-corrected chi connectivity index (χ1v) is 9.97. The summed E-state index contributed by atoms with van der Waals surface area (Å²) in [7, 11) is -0.461. The van der Waals surface area contributed by atoms with Gasteiger partial charge in [0.05, 0.1) is 10.8 Å². The number of carbonyl (C=O) groups is 1. The number of rotatable bonds is 4.